The maximum absolute atomic E-state index is 9.32. The number of nitrogens with zero attached hydrogens (tertiary/aromatic N) is 4. The Kier molecular flexibility index (Phi) is 5.51. The fraction of sp³-hybridized carbons (Fsp3) is 0.0870. The zero-order valence-electron chi connectivity index (χ0n) is 15.2. The highest BCUT2D eigenvalue weighted by atomic mass is 32.2. The molecule has 136 valence electrons. The zero-order valence-corrected chi connectivity index (χ0v) is 16.0. The molecule has 0 atom stereocenters. The average Bonchev–Trinajstić information content (AvgIpc) is 3.16. The van der Waals surface area contributed by atoms with Gasteiger partial charge in [0.25, 0.3) is 0 Å². The molecule has 4 aromatic rings. The second-order valence-corrected chi connectivity index (χ2v) is 7.23. The third-order valence-corrected chi connectivity index (χ3v) is 5.39. The fourth-order valence-corrected chi connectivity index (χ4v) is 4.00. The molecule has 4 nitrogen and oxygen atoms in total. The highest BCUT2D eigenvalue weighted by Crippen LogP contribution is 2.27. The topological polar surface area (TPSA) is 54.5 Å². The summed E-state index contributed by atoms with van der Waals surface area (Å²) in [7, 11) is 0. The van der Waals surface area contributed by atoms with Gasteiger partial charge in [0.1, 0.15) is 5.82 Å². The van der Waals surface area contributed by atoms with Crippen LogP contribution in [0.25, 0.3) is 5.69 Å². The molecule has 0 aliphatic heterocycles. The number of hydrogen-bond acceptors (Lipinski definition) is 4. The third-order valence-electron chi connectivity index (χ3n) is 4.41. The van der Waals surface area contributed by atoms with E-state index in [-0.39, 0.29) is 0 Å². The van der Waals surface area contributed by atoms with Crippen LogP contribution >= 0.6 is 11.8 Å². The van der Waals surface area contributed by atoms with Gasteiger partial charge in [0, 0.05) is 17.9 Å². The first-order valence-electron chi connectivity index (χ1n) is 8.99. The monoisotopic (exact) mass is 382 g/mol. The van der Waals surface area contributed by atoms with E-state index in [1.165, 1.54) is 5.56 Å². The van der Waals surface area contributed by atoms with E-state index < -0.39 is 0 Å². The molecule has 1 aromatic heterocycles. The van der Waals surface area contributed by atoms with E-state index >= 15 is 0 Å². The average molecular weight is 382 g/mol. The Morgan fingerprint density at radius 2 is 1.50 bits per heavy atom. The first-order chi connectivity index (χ1) is 13.8. The van der Waals surface area contributed by atoms with E-state index in [4.69, 9.17) is 0 Å². The molecule has 4 rings (SSSR count). The number of hydrogen-bond donors (Lipinski definition) is 0. The van der Waals surface area contributed by atoms with Gasteiger partial charge in [-0.05, 0) is 29.3 Å². The van der Waals surface area contributed by atoms with Gasteiger partial charge in [-0.25, -0.2) is 0 Å². The SMILES string of the molecule is N#Cc1ccccc1CSc1nnc(Cc2ccccc2)n1-c1ccccc1. The number of aromatic nitrogens is 3. The van der Waals surface area contributed by atoms with E-state index in [0.29, 0.717) is 17.7 Å². The molecule has 5 heteroatoms. The summed E-state index contributed by atoms with van der Waals surface area (Å²) >= 11 is 1.59. The molecule has 28 heavy (non-hydrogen) atoms. The van der Waals surface area contributed by atoms with Gasteiger partial charge >= 0.3 is 0 Å². The maximum Gasteiger partial charge on any atom is 0.196 e. The van der Waals surface area contributed by atoms with Crippen LogP contribution < -0.4 is 0 Å². The summed E-state index contributed by atoms with van der Waals surface area (Å²) in [6.07, 6.45) is 0.706. The van der Waals surface area contributed by atoms with E-state index in [2.05, 4.69) is 45.1 Å². The first-order valence-corrected chi connectivity index (χ1v) is 9.98. The highest BCUT2D eigenvalue weighted by Gasteiger charge is 2.15. The summed E-state index contributed by atoms with van der Waals surface area (Å²) in [6.45, 7) is 0. The normalized spacial score (nSPS) is 10.5. The summed E-state index contributed by atoms with van der Waals surface area (Å²) in [4.78, 5) is 0. The van der Waals surface area contributed by atoms with Crippen LogP contribution in [0, 0.1) is 11.3 Å². The molecule has 1 heterocycles. The Balaban J connectivity index is 1.66. The lowest BCUT2D eigenvalue weighted by atomic mass is 10.1. The summed E-state index contributed by atoms with van der Waals surface area (Å²) in [5, 5.41) is 19.1. The predicted molar refractivity (Wildman–Crippen MR) is 111 cm³/mol. The summed E-state index contributed by atoms with van der Waals surface area (Å²) in [5.74, 6) is 1.56. The van der Waals surface area contributed by atoms with Crippen molar-refractivity contribution >= 4 is 11.8 Å². The second kappa shape index (κ2) is 8.55. The van der Waals surface area contributed by atoms with Crippen LogP contribution in [0.15, 0.2) is 90.1 Å². The molecular weight excluding hydrogens is 364 g/mol. The quantitative estimate of drug-likeness (QED) is 0.439. The van der Waals surface area contributed by atoms with Gasteiger partial charge in [-0.15, -0.1) is 10.2 Å². The molecule has 0 radical (unpaired) electrons. The van der Waals surface area contributed by atoms with Gasteiger partial charge in [0.2, 0.25) is 0 Å². The smallest absolute Gasteiger partial charge is 0.196 e. The van der Waals surface area contributed by atoms with Crippen molar-refractivity contribution in [3.05, 3.63) is 107 Å². The van der Waals surface area contributed by atoms with E-state index in [0.717, 1.165) is 22.2 Å². The van der Waals surface area contributed by atoms with Crippen molar-refractivity contribution in [3.63, 3.8) is 0 Å². The van der Waals surface area contributed by atoms with Crippen LogP contribution in [0.4, 0.5) is 0 Å². The van der Waals surface area contributed by atoms with Crippen molar-refractivity contribution in [2.75, 3.05) is 0 Å². The largest absolute Gasteiger partial charge is 0.274 e. The Morgan fingerprint density at radius 3 is 2.25 bits per heavy atom. The van der Waals surface area contributed by atoms with Crippen molar-refractivity contribution in [1.82, 2.24) is 14.8 Å². The number of rotatable bonds is 6. The van der Waals surface area contributed by atoms with Gasteiger partial charge in [-0.3, -0.25) is 4.57 Å². The number of para-hydroxylation sites is 1. The molecule has 0 aliphatic rings. The Labute approximate surface area is 168 Å². The lowest BCUT2D eigenvalue weighted by Gasteiger charge is -2.10. The maximum atomic E-state index is 9.32. The van der Waals surface area contributed by atoms with Gasteiger partial charge in [-0.1, -0.05) is 78.5 Å². The molecule has 0 N–H and O–H groups in total. The first kappa shape index (κ1) is 18.0. The molecule has 0 aliphatic carbocycles. The molecule has 0 saturated heterocycles. The van der Waals surface area contributed by atoms with Crippen LogP contribution in [-0.4, -0.2) is 14.8 Å². The van der Waals surface area contributed by atoms with Crippen molar-refractivity contribution < 1.29 is 0 Å². The van der Waals surface area contributed by atoms with Gasteiger partial charge < -0.3 is 0 Å². The summed E-state index contributed by atoms with van der Waals surface area (Å²) in [5.41, 5.74) is 3.93. The van der Waals surface area contributed by atoms with E-state index in [1.807, 2.05) is 60.7 Å². The predicted octanol–water partition coefficient (Wildman–Crippen LogP) is 5.02. The Bertz CT molecular complexity index is 1100. The molecule has 0 saturated carbocycles. The lowest BCUT2D eigenvalue weighted by molar-refractivity contribution is 0.847. The third kappa shape index (κ3) is 3.98. The van der Waals surface area contributed by atoms with Crippen LogP contribution in [0.1, 0.15) is 22.5 Å². The van der Waals surface area contributed by atoms with E-state index in [9.17, 15) is 5.26 Å². The molecule has 3 aromatic carbocycles. The highest BCUT2D eigenvalue weighted by molar-refractivity contribution is 7.98. The molecule has 0 amide bonds. The lowest BCUT2D eigenvalue weighted by Crippen LogP contribution is -2.03. The zero-order chi connectivity index (χ0) is 19.2. The summed E-state index contributed by atoms with van der Waals surface area (Å²) < 4.78 is 2.10. The van der Waals surface area contributed by atoms with Crippen LogP contribution in [0.2, 0.25) is 0 Å². The number of nitriles is 1. The molecule has 0 spiro atoms. The minimum Gasteiger partial charge on any atom is -0.274 e. The van der Waals surface area contributed by atoms with Crippen molar-refractivity contribution in [1.29, 1.82) is 5.26 Å². The second-order valence-electron chi connectivity index (χ2n) is 6.29. The van der Waals surface area contributed by atoms with Gasteiger partial charge in [-0.2, -0.15) is 5.26 Å². The molecular formula is C23H18N4S. The van der Waals surface area contributed by atoms with Gasteiger partial charge in [0.15, 0.2) is 5.16 Å². The van der Waals surface area contributed by atoms with Crippen LogP contribution in [0.3, 0.4) is 0 Å². The summed E-state index contributed by atoms with van der Waals surface area (Å²) in [6, 6.07) is 30.4. The standard InChI is InChI=1S/C23H18N4S/c24-16-19-11-7-8-12-20(19)17-28-23-26-25-22(15-18-9-3-1-4-10-18)27(23)21-13-5-2-6-14-21/h1-14H,15,17H2. The minimum absolute atomic E-state index is 0.667. The molecule has 0 fully saturated rings. The molecule has 0 unspecified atom stereocenters. The van der Waals surface area contributed by atoms with Crippen molar-refractivity contribution in [2.45, 2.75) is 17.3 Å². The number of thioether (sulfide) groups is 1. The minimum atomic E-state index is 0.667. The fourth-order valence-electron chi connectivity index (χ4n) is 3.02. The van der Waals surface area contributed by atoms with Crippen molar-refractivity contribution in [2.24, 2.45) is 0 Å². The van der Waals surface area contributed by atoms with Crippen molar-refractivity contribution in [3.8, 4) is 11.8 Å². The molecule has 0 bridgehead atoms. The van der Waals surface area contributed by atoms with Gasteiger partial charge in [0.05, 0.1) is 11.6 Å². The van der Waals surface area contributed by atoms with E-state index in [1.54, 1.807) is 11.8 Å². The Morgan fingerprint density at radius 1 is 0.821 bits per heavy atom. The number of benzene rings is 3. The Hall–Kier alpha value is -3.36. The van der Waals surface area contributed by atoms with Crippen LogP contribution in [0.5, 0.6) is 0 Å². The van der Waals surface area contributed by atoms with Crippen LogP contribution in [-0.2, 0) is 12.2 Å².